The average molecular weight is 393 g/mol. The number of para-hydroxylation sites is 2. The lowest BCUT2D eigenvalue weighted by Gasteiger charge is -2.56. The van der Waals surface area contributed by atoms with Gasteiger partial charge in [-0.05, 0) is 81.3 Å². The third-order valence-corrected chi connectivity index (χ3v) is 7.99. The van der Waals surface area contributed by atoms with Crippen molar-refractivity contribution in [2.75, 3.05) is 12.0 Å². The van der Waals surface area contributed by atoms with E-state index in [1.54, 1.807) is 11.0 Å². The summed E-state index contributed by atoms with van der Waals surface area (Å²) in [4.78, 5) is 33.2. The Morgan fingerprint density at radius 3 is 2.45 bits per heavy atom. The van der Waals surface area contributed by atoms with E-state index in [4.69, 9.17) is 0 Å². The van der Waals surface area contributed by atoms with Crippen molar-refractivity contribution in [3.63, 3.8) is 0 Å². The molecule has 4 aliphatic carbocycles. The third kappa shape index (κ3) is 2.71. The molecule has 5 fully saturated rings. The van der Waals surface area contributed by atoms with Gasteiger partial charge in [0.15, 0.2) is 0 Å². The molecule has 152 valence electrons. The fraction of sp³-hybridized carbons (Fsp3) is 0.609. The van der Waals surface area contributed by atoms with Crippen LogP contribution in [-0.4, -0.2) is 39.0 Å². The number of carbonyl (C=O) groups excluding carboxylic acids is 2. The third-order valence-electron chi connectivity index (χ3n) is 7.99. The Morgan fingerprint density at radius 2 is 1.72 bits per heavy atom. The molecule has 6 nitrogen and oxygen atoms in total. The lowest BCUT2D eigenvalue weighted by atomic mass is 9.49. The number of hydrogen-bond acceptors (Lipinski definition) is 3. The van der Waals surface area contributed by atoms with Crippen LogP contribution in [0.1, 0.15) is 51.4 Å². The van der Waals surface area contributed by atoms with E-state index in [9.17, 15) is 9.59 Å². The van der Waals surface area contributed by atoms with Crippen molar-refractivity contribution in [2.24, 2.45) is 23.2 Å². The number of amides is 2. The van der Waals surface area contributed by atoms with Gasteiger partial charge in [0.25, 0.3) is 5.91 Å². The van der Waals surface area contributed by atoms with E-state index in [0.717, 1.165) is 60.9 Å². The maximum absolute atomic E-state index is 13.8. The Morgan fingerprint density at radius 1 is 1.03 bits per heavy atom. The van der Waals surface area contributed by atoms with Crippen molar-refractivity contribution in [3.05, 3.63) is 30.6 Å². The standard InChI is InChI=1S/C23H28N4O2/c28-21(25-27-14-24-18-4-1-2-5-19(18)27)20-6-3-7-26(20)22(29)23-11-15-8-16(12-23)10-17(9-15)13-23/h1-2,4-5,14-17,20H,3,6-13H2,(H,25,28). The molecule has 1 N–H and O–H groups in total. The maximum Gasteiger partial charge on any atom is 0.261 e. The normalized spacial score (nSPS) is 35.4. The first-order chi connectivity index (χ1) is 14.1. The number of carbonyl (C=O) groups is 2. The highest BCUT2D eigenvalue weighted by Gasteiger charge is 2.56. The molecule has 0 spiro atoms. The lowest BCUT2D eigenvalue weighted by Crippen LogP contribution is -2.57. The van der Waals surface area contributed by atoms with Gasteiger partial charge >= 0.3 is 0 Å². The molecular weight excluding hydrogens is 364 g/mol. The van der Waals surface area contributed by atoms with Crippen LogP contribution in [-0.2, 0) is 9.59 Å². The van der Waals surface area contributed by atoms with E-state index in [-0.39, 0.29) is 23.3 Å². The molecule has 7 rings (SSSR count). The van der Waals surface area contributed by atoms with Gasteiger partial charge < -0.3 is 4.90 Å². The highest BCUT2D eigenvalue weighted by molar-refractivity contribution is 5.95. The summed E-state index contributed by atoms with van der Waals surface area (Å²) in [6.45, 7) is 0.712. The summed E-state index contributed by atoms with van der Waals surface area (Å²) in [5.41, 5.74) is 4.53. The predicted octanol–water partition coefficient (Wildman–Crippen LogP) is 3.31. The van der Waals surface area contributed by atoms with Gasteiger partial charge in [0.05, 0.1) is 16.4 Å². The molecule has 4 bridgehead atoms. The van der Waals surface area contributed by atoms with Crippen molar-refractivity contribution < 1.29 is 9.59 Å². The smallest absolute Gasteiger partial charge is 0.261 e. The maximum atomic E-state index is 13.8. The Bertz CT molecular complexity index is 945. The fourth-order valence-electron chi connectivity index (χ4n) is 7.20. The van der Waals surface area contributed by atoms with Crippen LogP contribution in [0.2, 0.25) is 0 Å². The zero-order valence-corrected chi connectivity index (χ0v) is 16.7. The van der Waals surface area contributed by atoms with E-state index in [1.807, 2.05) is 29.2 Å². The van der Waals surface area contributed by atoms with Crippen molar-refractivity contribution in [1.82, 2.24) is 14.6 Å². The van der Waals surface area contributed by atoms with Crippen LogP contribution in [0, 0.1) is 23.2 Å². The second kappa shape index (κ2) is 6.31. The first-order valence-corrected chi connectivity index (χ1v) is 11.2. The van der Waals surface area contributed by atoms with Crippen LogP contribution in [0.15, 0.2) is 30.6 Å². The molecule has 2 aromatic rings. The van der Waals surface area contributed by atoms with Crippen LogP contribution >= 0.6 is 0 Å². The number of benzene rings is 1. The first kappa shape index (κ1) is 17.5. The van der Waals surface area contributed by atoms with Crippen LogP contribution in [0.5, 0.6) is 0 Å². The van der Waals surface area contributed by atoms with Crippen molar-refractivity contribution in [3.8, 4) is 0 Å². The van der Waals surface area contributed by atoms with E-state index >= 15 is 0 Å². The fourth-order valence-corrected chi connectivity index (χ4v) is 7.20. The number of likely N-dealkylation sites (tertiary alicyclic amines) is 1. The number of aromatic nitrogens is 2. The molecule has 0 radical (unpaired) electrons. The summed E-state index contributed by atoms with van der Waals surface area (Å²) >= 11 is 0. The molecule has 2 amide bonds. The largest absolute Gasteiger partial charge is 0.330 e. The van der Waals surface area contributed by atoms with Gasteiger partial charge in [-0.15, -0.1) is 0 Å². The van der Waals surface area contributed by atoms with Crippen molar-refractivity contribution in [1.29, 1.82) is 0 Å². The minimum absolute atomic E-state index is 0.0938. The van der Waals surface area contributed by atoms with Gasteiger partial charge in [-0.2, -0.15) is 0 Å². The summed E-state index contributed by atoms with van der Waals surface area (Å²) in [5.74, 6) is 2.38. The first-order valence-electron chi connectivity index (χ1n) is 11.2. The van der Waals surface area contributed by atoms with E-state index in [1.165, 1.54) is 19.3 Å². The lowest BCUT2D eigenvalue weighted by molar-refractivity contribution is -0.160. The number of rotatable bonds is 3. The number of hydrogen-bond donors (Lipinski definition) is 1. The second-order valence-corrected chi connectivity index (χ2v) is 9.93. The minimum atomic E-state index is -0.364. The van der Waals surface area contributed by atoms with Crippen LogP contribution < -0.4 is 5.43 Å². The predicted molar refractivity (Wildman–Crippen MR) is 109 cm³/mol. The minimum Gasteiger partial charge on any atom is -0.330 e. The number of imidazole rings is 1. The quantitative estimate of drug-likeness (QED) is 0.871. The molecular formula is C23H28N4O2. The average Bonchev–Trinajstić information content (AvgIpc) is 3.34. The van der Waals surface area contributed by atoms with E-state index < -0.39 is 0 Å². The van der Waals surface area contributed by atoms with Crippen LogP contribution in [0.25, 0.3) is 11.0 Å². The zero-order chi connectivity index (χ0) is 19.6. The molecule has 1 atom stereocenters. The van der Waals surface area contributed by atoms with E-state index in [0.29, 0.717) is 6.54 Å². The Kier molecular flexibility index (Phi) is 3.81. The molecule has 1 aliphatic heterocycles. The Labute approximate surface area is 170 Å². The number of nitrogens with zero attached hydrogens (tertiary/aromatic N) is 3. The summed E-state index contributed by atoms with van der Waals surface area (Å²) in [6, 6.07) is 7.37. The summed E-state index contributed by atoms with van der Waals surface area (Å²) in [5, 5.41) is 0. The summed E-state index contributed by atoms with van der Waals surface area (Å²) in [7, 11) is 0. The van der Waals surface area contributed by atoms with Gasteiger partial charge in [-0.25, -0.2) is 9.66 Å². The SMILES string of the molecule is O=C(Nn1cnc2ccccc21)C1CCCN1C(=O)C12CC3CC(CC(C3)C1)C2. The molecule has 1 unspecified atom stereocenters. The van der Waals surface area contributed by atoms with Crippen molar-refractivity contribution >= 4 is 22.8 Å². The molecule has 1 aromatic carbocycles. The Hall–Kier alpha value is -2.37. The number of fused-ring (bicyclic) bond motifs is 1. The van der Waals surface area contributed by atoms with Crippen LogP contribution in [0.4, 0.5) is 0 Å². The summed E-state index contributed by atoms with van der Waals surface area (Å²) in [6.07, 6.45) is 10.4. The van der Waals surface area contributed by atoms with Gasteiger partial charge in [0.1, 0.15) is 12.4 Å². The summed E-state index contributed by atoms with van der Waals surface area (Å²) < 4.78 is 1.68. The Balaban J connectivity index is 1.23. The molecule has 6 heteroatoms. The topological polar surface area (TPSA) is 67.2 Å². The molecule has 2 heterocycles. The molecule has 29 heavy (non-hydrogen) atoms. The molecule has 5 aliphatic rings. The highest BCUT2D eigenvalue weighted by atomic mass is 16.2. The number of nitrogens with one attached hydrogen (secondary N) is 1. The van der Waals surface area contributed by atoms with Gasteiger partial charge in [0, 0.05) is 6.54 Å². The molecule has 1 saturated heterocycles. The second-order valence-electron chi connectivity index (χ2n) is 9.93. The van der Waals surface area contributed by atoms with Crippen molar-refractivity contribution in [2.45, 2.75) is 57.4 Å². The zero-order valence-electron chi connectivity index (χ0n) is 16.7. The highest BCUT2D eigenvalue weighted by Crippen LogP contribution is 2.60. The molecule has 4 saturated carbocycles. The van der Waals surface area contributed by atoms with Gasteiger partial charge in [0.2, 0.25) is 5.91 Å². The monoisotopic (exact) mass is 392 g/mol. The van der Waals surface area contributed by atoms with Crippen LogP contribution in [0.3, 0.4) is 0 Å². The van der Waals surface area contributed by atoms with E-state index in [2.05, 4.69) is 10.4 Å². The van der Waals surface area contributed by atoms with Gasteiger partial charge in [-0.1, -0.05) is 12.1 Å². The molecule has 1 aromatic heterocycles. The van der Waals surface area contributed by atoms with Gasteiger partial charge in [-0.3, -0.25) is 15.0 Å².